The van der Waals surface area contributed by atoms with Gasteiger partial charge in [0.15, 0.2) is 12.2 Å². The van der Waals surface area contributed by atoms with Crippen molar-refractivity contribution in [3.63, 3.8) is 0 Å². The Kier molecular flexibility index (Phi) is 9.85. The highest BCUT2D eigenvalue weighted by molar-refractivity contribution is 5.91. The minimum Gasteiger partial charge on any atom is -0.479 e. The second kappa shape index (κ2) is 13.3. The van der Waals surface area contributed by atoms with Crippen LogP contribution in [0.4, 0.5) is 0 Å². The minimum absolute atomic E-state index is 0.273. The molecule has 13 heteroatoms. The van der Waals surface area contributed by atoms with Crippen molar-refractivity contribution < 1.29 is 39.3 Å². The molecule has 5 rings (SSSR count). The van der Waals surface area contributed by atoms with E-state index in [1.54, 1.807) is 0 Å². The summed E-state index contributed by atoms with van der Waals surface area (Å²) in [6.45, 7) is 9.53. The topological polar surface area (TPSA) is 184 Å². The molecule has 13 nitrogen and oxygen atoms in total. The molecule has 218 valence electrons. The molecular formula is C27H37N5O8. The molecule has 2 atom stereocenters. The Hall–Kier alpha value is -3.39. The van der Waals surface area contributed by atoms with Gasteiger partial charge in [-0.15, -0.1) is 0 Å². The van der Waals surface area contributed by atoms with Crippen molar-refractivity contribution in [3.8, 4) is 11.5 Å². The number of aliphatic carboxylic acids is 2. The number of benzene rings is 1. The molecule has 2 unspecified atom stereocenters. The number of para-hydroxylation sites is 1. The predicted octanol–water partition coefficient (Wildman–Crippen LogP) is 2.15. The van der Waals surface area contributed by atoms with Gasteiger partial charge in [-0.3, -0.25) is 4.68 Å². The van der Waals surface area contributed by atoms with E-state index in [0.29, 0.717) is 11.7 Å². The van der Waals surface area contributed by atoms with E-state index >= 15 is 0 Å². The summed E-state index contributed by atoms with van der Waals surface area (Å²) >= 11 is 0. The first kappa shape index (κ1) is 29.6. The van der Waals surface area contributed by atoms with E-state index in [4.69, 9.17) is 39.8 Å². The number of ether oxygens (including phenoxy) is 1. The average Bonchev–Trinajstić information content (AvgIpc) is 3.59. The summed E-state index contributed by atoms with van der Waals surface area (Å²) in [6.07, 6.45) is 0.0151. The zero-order valence-corrected chi connectivity index (χ0v) is 22.7. The number of nitrogens with zero attached hydrogens (tertiary/aromatic N) is 5. The zero-order valence-electron chi connectivity index (χ0n) is 22.7. The van der Waals surface area contributed by atoms with Gasteiger partial charge >= 0.3 is 11.9 Å². The van der Waals surface area contributed by atoms with Crippen LogP contribution in [0.2, 0.25) is 0 Å². The summed E-state index contributed by atoms with van der Waals surface area (Å²) in [5.41, 5.74) is 1.92. The van der Waals surface area contributed by atoms with Crippen LogP contribution in [0.5, 0.6) is 0 Å². The SMILES string of the molecule is CC(C)n1nc(-c2noc(C3CCN(CC4CCOCC4)CC3)n2)c2ccccc21.O=C(O)C(O)C(O)C(=O)O. The summed E-state index contributed by atoms with van der Waals surface area (Å²) in [4.78, 5) is 26.9. The first-order chi connectivity index (χ1) is 19.2. The smallest absolute Gasteiger partial charge is 0.335 e. The number of aliphatic hydroxyl groups is 2. The van der Waals surface area contributed by atoms with Gasteiger partial charge in [0.05, 0.1) is 5.52 Å². The summed E-state index contributed by atoms with van der Waals surface area (Å²) < 4.78 is 13.2. The standard InChI is InChI=1S/C23H31N5O2.C4H6O6/c1-16(2)28-20-6-4-3-5-19(20)21(25-28)22-24-23(30-26-22)18-7-11-27(12-8-18)15-17-9-13-29-14-10-17;5-1(3(7)8)2(6)4(9)10/h3-6,16-18H,7-15H2,1-2H3;1-2,5-6H,(H,7,8)(H,9,10). The Morgan fingerprint density at radius 1 is 1.00 bits per heavy atom. The molecule has 2 aliphatic rings. The number of carbonyl (C=O) groups is 2. The molecule has 0 bridgehead atoms. The van der Waals surface area contributed by atoms with Crippen molar-refractivity contribution in [2.24, 2.45) is 5.92 Å². The number of aliphatic hydroxyl groups excluding tert-OH is 2. The lowest BCUT2D eigenvalue weighted by molar-refractivity contribution is -0.165. The number of aromatic nitrogens is 4. The van der Waals surface area contributed by atoms with Crippen molar-refractivity contribution in [2.75, 3.05) is 32.8 Å². The van der Waals surface area contributed by atoms with E-state index in [1.807, 2.05) is 16.8 Å². The molecule has 2 aromatic heterocycles. The Balaban J connectivity index is 0.000000318. The summed E-state index contributed by atoms with van der Waals surface area (Å²) in [5, 5.41) is 42.7. The van der Waals surface area contributed by atoms with Gasteiger partial charge in [0.2, 0.25) is 11.7 Å². The third-order valence-electron chi connectivity index (χ3n) is 7.36. The number of hydrogen-bond acceptors (Lipinski definition) is 10. The molecule has 0 saturated carbocycles. The normalized spacial score (nSPS) is 18.8. The van der Waals surface area contributed by atoms with E-state index < -0.39 is 24.1 Å². The van der Waals surface area contributed by atoms with Crippen molar-refractivity contribution in [1.29, 1.82) is 0 Å². The van der Waals surface area contributed by atoms with Crippen LogP contribution in [0.25, 0.3) is 22.4 Å². The first-order valence-corrected chi connectivity index (χ1v) is 13.6. The highest BCUT2D eigenvalue weighted by Crippen LogP contribution is 2.32. The summed E-state index contributed by atoms with van der Waals surface area (Å²) in [6, 6.07) is 8.54. The molecule has 4 heterocycles. The van der Waals surface area contributed by atoms with E-state index in [-0.39, 0.29) is 6.04 Å². The van der Waals surface area contributed by atoms with Crippen molar-refractivity contribution >= 4 is 22.8 Å². The number of carboxylic acids is 2. The lowest BCUT2D eigenvalue weighted by Crippen LogP contribution is -2.39. The fourth-order valence-corrected chi connectivity index (χ4v) is 5.07. The molecule has 0 aliphatic carbocycles. The van der Waals surface area contributed by atoms with Crippen LogP contribution in [0.15, 0.2) is 28.8 Å². The Labute approximate surface area is 231 Å². The Morgan fingerprint density at radius 2 is 1.62 bits per heavy atom. The number of hydrogen-bond donors (Lipinski definition) is 4. The predicted molar refractivity (Wildman–Crippen MR) is 143 cm³/mol. The quantitative estimate of drug-likeness (QED) is 0.316. The maximum atomic E-state index is 9.77. The lowest BCUT2D eigenvalue weighted by Gasteiger charge is -2.34. The monoisotopic (exact) mass is 559 g/mol. The fraction of sp³-hybridized carbons (Fsp3) is 0.593. The van der Waals surface area contributed by atoms with Crippen LogP contribution in [0.1, 0.15) is 57.4 Å². The van der Waals surface area contributed by atoms with Crippen LogP contribution >= 0.6 is 0 Å². The molecule has 0 radical (unpaired) electrons. The molecule has 2 aliphatic heterocycles. The van der Waals surface area contributed by atoms with Gasteiger partial charge in [-0.05, 0) is 64.6 Å². The summed E-state index contributed by atoms with van der Waals surface area (Å²) in [7, 11) is 0. The minimum atomic E-state index is -2.27. The first-order valence-electron chi connectivity index (χ1n) is 13.6. The highest BCUT2D eigenvalue weighted by Gasteiger charge is 2.30. The molecule has 2 saturated heterocycles. The van der Waals surface area contributed by atoms with Gasteiger partial charge < -0.3 is 34.6 Å². The Bertz CT molecular complexity index is 1260. The van der Waals surface area contributed by atoms with Gasteiger partial charge in [0.25, 0.3) is 0 Å². The number of rotatable bonds is 8. The number of likely N-dealkylation sites (tertiary alicyclic amines) is 1. The van der Waals surface area contributed by atoms with Crippen molar-refractivity contribution in [2.45, 2.75) is 63.7 Å². The van der Waals surface area contributed by atoms with Crippen molar-refractivity contribution in [3.05, 3.63) is 30.2 Å². The molecule has 3 aromatic rings. The van der Waals surface area contributed by atoms with E-state index in [1.165, 1.54) is 19.4 Å². The fourth-order valence-electron chi connectivity index (χ4n) is 5.07. The van der Waals surface area contributed by atoms with E-state index in [9.17, 15) is 9.59 Å². The third-order valence-corrected chi connectivity index (χ3v) is 7.36. The highest BCUT2D eigenvalue weighted by atomic mass is 16.5. The van der Waals surface area contributed by atoms with Crippen LogP contribution in [0, 0.1) is 5.92 Å². The summed E-state index contributed by atoms with van der Waals surface area (Å²) in [5.74, 6) is -1.04. The molecule has 1 aromatic carbocycles. The van der Waals surface area contributed by atoms with Gasteiger partial charge in [-0.25, -0.2) is 9.59 Å². The second-order valence-corrected chi connectivity index (χ2v) is 10.6. The maximum Gasteiger partial charge on any atom is 0.335 e. The maximum absolute atomic E-state index is 9.77. The largest absolute Gasteiger partial charge is 0.479 e. The molecular weight excluding hydrogens is 522 g/mol. The zero-order chi connectivity index (χ0) is 28.8. The van der Waals surface area contributed by atoms with Gasteiger partial charge in [-0.1, -0.05) is 23.4 Å². The van der Waals surface area contributed by atoms with Crippen molar-refractivity contribution in [1.82, 2.24) is 24.8 Å². The molecule has 0 amide bonds. The van der Waals surface area contributed by atoms with E-state index in [0.717, 1.165) is 67.6 Å². The Morgan fingerprint density at radius 3 is 2.23 bits per heavy atom. The van der Waals surface area contributed by atoms with Gasteiger partial charge in [-0.2, -0.15) is 10.1 Å². The number of carboxylic acid groups (broad SMARTS) is 2. The number of fused-ring (bicyclic) bond motifs is 1. The third kappa shape index (κ3) is 7.02. The van der Waals surface area contributed by atoms with Crippen LogP contribution in [0.3, 0.4) is 0 Å². The van der Waals surface area contributed by atoms with Crippen LogP contribution in [-0.4, -0.2) is 102 Å². The van der Waals surface area contributed by atoms with E-state index in [2.05, 4.69) is 36.0 Å². The molecule has 0 spiro atoms. The van der Waals surface area contributed by atoms with Crippen LogP contribution in [-0.2, 0) is 14.3 Å². The second-order valence-electron chi connectivity index (χ2n) is 10.6. The van der Waals surface area contributed by atoms with Crippen LogP contribution < -0.4 is 0 Å². The average molecular weight is 560 g/mol. The number of piperidine rings is 1. The van der Waals surface area contributed by atoms with Gasteiger partial charge in [0, 0.05) is 37.1 Å². The lowest BCUT2D eigenvalue weighted by atomic mass is 9.94. The molecule has 40 heavy (non-hydrogen) atoms. The van der Waals surface area contributed by atoms with Gasteiger partial charge in [0.1, 0.15) is 5.69 Å². The molecule has 4 N–H and O–H groups in total. The molecule has 2 fully saturated rings.